The molecular formula is C20H25N3O2. The van der Waals surface area contributed by atoms with Gasteiger partial charge in [0.05, 0.1) is 12.1 Å². The SMILES string of the molecule is CC(C(=O)C(C#N)C(=O)NC1CCCC1)N1CCc2ccccc2C1. The number of amides is 1. The van der Waals surface area contributed by atoms with E-state index >= 15 is 0 Å². The second-order valence-corrected chi connectivity index (χ2v) is 7.12. The minimum absolute atomic E-state index is 0.119. The fraction of sp³-hybridized carbons (Fsp3) is 0.550. The van der Waals surface area contributed by atoms with Crippen molar-refractivity contribution in [2.45, 2.75) is 57.7 Å². The van der Waals surface area contributed by atoms with Gasteiger partial charge in [0, 0.05) is 19.1 Å². The van der Waals surface area contributed by atoms with Crippen LogP contribution < -0.4 is 5.32 Å². The zero-order valence-corrected chi connectivity index (χ0v) is 14.7. The number of nitrogens with zero attached hydrogens (tertiary/aromatic N) is 2. The zero-order chi connectivity index (χ0) is 17.8. The first-order valence-corrected chi connectivity index (χ1v) is 9.14. The lowest BCUT2D eigenvalue weighted by Gasteiger charge is -2.33. The van der Waals surface area contributed by atoms with Gasteiger partial charge >= 0.3 is 0 Å². The van der Waals surface area contributed by atoms with E-state index in [2.05, 4.69) is 22.3 Å². The van der Waals surface area contributed by atoms with Crippen molar-refractivity contribution >= 4 is 11.7 Å². The van der Waals surface area contributed by atoms with Crippen LogP contribution in [0.25, 0.3) is 0 Å². The largest absolute Gasteiger partial charge is 0.352 e. The van der Waals surface area contributed by atoms with Crippen molar-refractivity contribution in [3.63, 3.8) is 0 Å². The second kappa shape index (κ2) is 7.79. The molecule has 1 amide bonds. The molecule has 1 aromatic rings. The van der Waals surface area contributed by atoms with Crippen molar-refractivity contribution in [3.05, 3.63) is 35.4 Å². The summed E-state index contributed by atoms with van der Waals surface area (Å²) in [6.07, 6.45) is 4.96. The normalized spacial score (nSPS) is 20.3. The summed E-state index contributed by atoms with van der Waals surface area (Å²) in [5.74, 6) is -1.94. The van der Waals surface area contributed by atoms with E-state index in [9.17, 15) is 14.9 Å². The number of Topliss-reactive ketones (excluding diaryl/α,β-unsaturated/α-hetero) is 1. The molecule has 0 saturated heterocycles. The van der Waals surface area contributed by atoms with Crippen LogP contribution in [-0.4, -0.2) is 35.2 Å². The van der Waals surface area contributed by atoms with Crippen molar-refractivity contribution in [2.75, 3.05) is 6.54 Å². The number of fused-ring (bicyclic) bond motifs is 1. The number of rotatable bonds is 5. The summed E-state index contributed by atoms with van der Waals surface area (Å²) in [6, 6.07) is 9.83. The molecule has 0 aromatic heterocycles. The average molecular weight is 339 g/mol. The van der Waals surface area contributed by atoms with Crippen molar-refractivity contribution in [1.82, 2.24) is 10.2 Å². The Morgan fingerprint density at radius 3 is 2.60 bits per heavy atom. The number of carbonyl (C=O) groups excluding carboxylic acids is 2. The van der Waals surface area contributed by atoms with E-state index in [1.54, 1.807) is 0 Å². The molecule has 0 radical (unpaired) electrons. The van der Waals surface area contributed by atoms with Crippen LogP contribution in [0.3, 0.4) is 0 Å². The maximum absolute atomic E-state index is 12.8. The number of carbonyl (C=O) groups is 2. The molecule has 3 rings (SSSR count). The van der Waals surface area contributed by atoms with E-state index in [0.29, 0.717) is 6.54 Å². The summed E-state index contributed by atoms with van der Waals surface area (Å²) in [5.41, 5.74) is 2.53. The van der Waals surface area contributed by atoms with Crippen LogP contribution in [0.2, 0.25) is 0 Å². The molecule has 2 aliphatic rings. The van der Waals surface area contributed by atoms with Crippen LogP contribution in [0.4, 0.5) is 0 Å². The number of hydrogen-bond acceptors (Lipinski definition) is 4. The Labute approximate surface area is 149 Å². The van der Waals surface area contributed by atoms with E-state index < -0.39 is 17.9 Å². The quantitative estimate of drug-likeness (QED) is 0.835. The minimum atomic E-state index is -1.22. The predicted molar refractivity (Wildman–Crippen MR) is 94.5 cm³/mol. The van der Waals surface area contributed by atoms with Gasteiger partial charge in [-0.2, -0.15) is 5.26 Å². The summed E-state index contributed by atoms with van der Waals surface area (Å²) in [5, 5.41) is 12.3. The lowest BCUT2D eigenvalue weighted by Crippen LogP contribution is -2.48. The third kappa shape index (κ3) is 3.91. The molecular weight excluding hydrogens is 314 g/mol. The van der Waals surface area contributed by atoms with E-state index in [0.717, 1.165) is 38.6 Å². The third-order valence-corrected chi connectivity index (χ3v) is 5.50. The van der Waals surface area contributed by atoms with Crippen molar-refractivity contribution in [3.8, 4) is 6.07 Å². The van der Waals surface area contributed by atoms with Crippen LogP contribution in [0.1, 0.15) is 43.7 Å². The highest BCUT2D eigenvalue weighted by Crippen LogP contribution is 2.22. The van der Waals surface area contributed by atoms with Crippen LogP contribution >= 0.6 is 0 Å². The number of nitrogens with one attached hydrogen (secondary N) is 1. The predicted octanol–water partition coefficient (Wildman–Crippen LogP) is 2.20. The molecule has 0 bridgehead atoms. The molecule has 1 heterocycles. The topological polar surface area (TPSA) is 73.2 Å². The maximum atomic E-state index is 12.8. The molecule has 0 spiro atoms. The Morgan fingerprint density at radius 1 is 1.24 bits per heavy atom. The minimum Gasteiger partial charge on any atom is -0.352 e. The van der Waals surface area contributed by atoms with Crippen LogP contribution in [0.5, 0.6) is 0 Å². The van der Waals surface area contributed by atoms with Crippen molar-refractivity contribution < 1.29 is 9.59 Å². The van der Waals surface area contributed by atoms with Crippen molar-refractivity contribution in [1.29, 1.82) is 5.26 Å². The number of nitriles is 1. The molecule has 2 atom stereocenters. The van der Waals surface area contributed by atoms with Gasteiger partial charge in [0.1, 0.15) is 0 Å². The lowest BCUT2D eigenvalue weighted by molar-refractivity contribution is -0.135. The van der Waals surface area contributed by atoms with Gasteiger partial charge in [0.25, 0.3) is 0 Å². The average Bonchev–Trinajstić information content (AvgIpc) is 3.14. The molecule has 5 heteroatoms. The number of benzene rings is 1. The molecule has 1 saturated carbocycles. The van der Waals surface area contributed by atoms with Crippen LogP contribution in [0.15, 0.2) is 24.3 Å². The molecule has 1 N–H and O–H groups in total. The molecule has 1 aliphatic heterocycles. The standard InChI is InChI=1S/C20H25N3O2/c1-14(23-11-10-15-6-2-3-7-16(15)13-23)19(24)18(12-21)20(25)22-17-8-4-5-9-17/h2-3,6-7,14,17-18H,4-5,8-11,13H2,1H3,(H,22,25). The Balaban J connectivity index is 1.64. The Morgan fingerprint density at radius 2 is 1.92 bits per heavy atom. The van der Waals surface area contributed by atoms with Gasteiger partial charge in [-0.1, -0.05) is 37.1 Å². The summed E-state index contributed by atoms with van der Waals surface area (Å²) in [6.45, 7) is 3.27. The monoisotopic (exact) mass is 339 g/mol. The highest BCUT2D eigenvalue weighted by molar-refractivity contribution is 6.06. The fourth-order valence-electron chi connectivity index (χ4n) is 3.88. The first kappa shape index (κ1) is 17.6. The van der Waals surface area contributed by atoms with Gasteiger partial charge in [-0.3, -0.25) is 14.5 Å². The fourth-order valence-corrected chi connectivity index (χ4v) is 3.88. The molecule has 25 heavy (non-hydrogen) atoms. The zero-order valence-electron chi connectivity index (χ0n) is 14.7. The molecule has 2 unspecified atom stereocenters. The number of ketones is 1. The van der Waals surface area contributed by atoms with Crippen LogP contribution in [0, 0.1) is 17.2 Å². The van der Waals surface area contributed by atoms with Gasteiger partial charge < -0.3 is 5.32 Å². The summed E-state index contributed by atoms with van der Waals surface area (Å²) >= 11 is 0. The first-order valence-electron chi connectivity index (χ1n) is 9.14. The molecule has 1 aromatic carbocycles. The van der Waals surface area contributed by atoms with Gasteiger partial charge in [-0.05, 0) is 37.3 Å². The summed E-state index contributed by atoms with van der Waals surface area (Å²) < 4.78 is 0. The lowest BCUT2D eigenvalue weighted by atomic mass is 9.94. The van der Waals surface area contributed by atoms with E-state index in [1.165, 1.54) is 11.1 Å². The number of hydrogen-bond donors (Lipinski definition) is 1. The van der Waals surface area contributed by atoms with Crippen molar-refractivity contribution in [2.24, 2.45) is 5.92 Å². The van der Waals surface area contributed by atoms with Crippen LogP contribution in [-0.2, 0) is 22.6 Å². The van der Waals surface area contributed by atoms with Gasteiger partial charge in [0.2, 0.25) is 5.91 Å². The molecule has 1 aliphatic carbocycles. The second-order valence-electron chi connectivity index (χ2n) is 7.12. The molecule has 132 valence electrons. The Kier molecular flexibility index (Phi) is 5.50. The van der Waals surface area contributed by atoms with Gasteiger partial charge in [-0.25, -0.2) is 0 Å². The third-order valence-electron chi connectivity index (χ3n) is 5.50. The van der Waals surface area contributed by atoms with Gasteiger partial charge in [0.15, 0.2) is 11.7 Å². The molecule has 1 fully saturated rings. The summed E-state index contributed by atoms with van der Waals surface area (Å²) in [4.78, 5) is 27.2. The Hall–Kier alpha value is -2.19. The highest BCUT2D eigenvalue weighted by atomic mass is 16.2. The highest BCUT2D eigenvalue weighted by Gasteiger charge is 2.35. The molecule has 5 nitrogen and oxygen atoms in total. The van der Waals surface area contributed by atoms with Gasteiger partial charge in [-0.15, -0.1) is 0 Å². The first-order chi connectivity index (χ1) is 12.1. The smallest absolute Gasteiger partial charge is 0.245 e. The van der Waals surface area contributed by atoms with E-state index in [1.807, 2.05) is 25.1 Å². The summed E-state index contributed by atoms with van der Waals surface area (Å²) in [7, 11) is 0. The van der Waals surface area contributed by atoms with E-state index in [4.69, 9.17) is 0 Å². The maximum Gasteiger partial charge on any atom is 0.245 e. The Bertz CT molecular complexity index is 688. The van der Waals surface area contributed by atoms with E-state index in [-0.39, 0.29) is 11.8 Å².